The predicted molar refractivity (Wildman–Crippen MR) is 116 cm³/mol. The molecular weight excluding hydrogens is 383 g/mol. The number of aryl methyl sites for hydroxylation is 2. The van der Waals surface area contributed by atoms with Crippen LogP contribution in [0, 0.1) is 19.8 Å². The first-order valence-electron chi connectivity index (χ1n) is 10.6. The molecule has 3 rings (SSSR count). The second-order valence-corrected chi connectivity index (χ2v) is 8.22. The van der Waals surface area contributed by atoms with E-state index in [1.807, 2.05) is 26.0 Å². The van der Waals surface area contributed by atoms with E-state index in [9.17, 15) is 9.18 Å². The minimum absolute atomic E-state index is 0.318. The van der Waals surface area contributed by atoms with E-state index in [4.69, 9.17) is 4.74 Å². The van der Waals surface area contributed by atoms with E-state index in [0.717, 1.165) is 35.5 Å². The lowest BCUT2D eigenvalue weighted by atomic mass is 10.0. The molecule has 30 heavy (non-hydrogen) atoms. The molecule has 1 aromatic carbocycles. The summed E-state index contributed by atoms with van der Waals surface area (Å²) in [5.41, 5.74) is 3.80. The second-order valence-electron chi connectivity index (χ2n) is 8.22. The number of alkyl halides is 1. The molecule has 7 heteroatoms. The Balaban J connectivity index is 1.90. The van der Waals surface area contributed by atoms with Crippen LogP contribution in [0.15, 0.2) is 24.5 Å². The van der Waals surface area contributed by atoms with Crippen LogP contribution in [0.5, 0.6) is 5.75 Å². The number of ether oxygens (including phenoxy) is 1. The van der Waals surface area contributed by atoms with Crippen LogP contribution in [-0.2, 0) is 4.79 Å². The number of piperidine rings is 1. The first kappa shape index (κ1) is 22.2. The smallest absolute Gasteiger partial charge is 0.259 e. The van der Waals surface area contributed by atoms with Crippen LogP contribution >= 0.6 is 0 Å². The van der Waals surface area contributed by atoms with Gasteiger partial charge in [-0.05, 0) is 57.4 Å². The Hall–Kier alpha value is -2.54. The zero-order valence-electron chi connectivity index (χ0n) is 18.2. The highest BCUT2D eigenvalue weighted by atomic mass is 19.1. The lowest BCUT2D eigenvalue weighted by Crippen LogP contribution is -2.38. The van der Waals surface area contributed by atoms with Crippen molar-refractivity contribution in [1.29, 1.82) is 0 Å². The van der Waals surface area contributed by atoms with Crippen molar-refractivity contribution in [1.82, 2.24) is 15.3 Å². The summed E-state index contributed by atoms with van der Waals surface area (Å²) >= 11 is 0. The lowest BCUT2D eigenvalue weighted by molar-refractivity contribution is -0.122. The van der Waals surface area contributed by atoms with Crippen LogP contribution < -0.4 is 15.4 Å². The van der Waals surface area contributed by atoms with Gasteiger partial charge in [-0.3, -0.25) is 4.79 Å². The van der Waals surface area contributed by atoms with Crippen molar-refractivity contribution in [2.45, 2.75) is 59.2 Å². The van der Waals surface area contributed by atoms with Gasteiger partial charge in [-0.2, -0.15) is 0 Å². The maximum atomic E-state index is 14.1. The topological polar surface area (TPSA) is 76.1 Å². The summed E-state index contributed by atoms with van der Waals surface area (Å²) in [7, 11) is 0. The molecule has 2 N–H and O–H groups in total. The molecule has 1 aliphatic rings. The quantitative estimate of drug-likeness (QED) is 0.710. The second kappa shape index (κ2) is 9.98. The summed E-state index contributed by atoms with van der Waals surface area (Å²) in [4.78, 5) is 20.8. The summed E-state index contributed by atoms with van der Waals surface area (Å²) in [5, 5.41) is 6.17. The van der Waals surface area contributed by atoms with Gasteiger partial charge in [-0.15, -0.1) is 0 Å². The third-order valence-corrected chi connectivity index (χ3v) is 5.43. The molecular formula is C23H31FN4O2. The zero-order valence-corrected chi connectivity index (χ0v) is 18.2. The van der Waals surface area contributed by atoms with Gasteiger partial charge in [0.2, 0.25) is 0 Å². The van der Waals surface area contributed by atoms with E-state index in [-0.39, 0.29) is 5.92 Å². The molecule has 1 fully saturated rings. The average Bonchev–Trinajstić information content (AvgIpc) is 2.73. The standard InChI is InChI=1S/C23H31FN4O2/c1-14(2)22(24)23(29)28-17-8-9-20(30-12-18-7-5-6-10-25-18)19(11-17)21-15(3)26-13-27-16(21)4/h8-9,11,13-14,18,22,25H,5-7,10,12H2,1-4H3,(H,28,29)/t18-,22-/m1/s1. The predicted octanol–water partition coefficient (Wildman–Crippen LogP) is 4.21. The molecule has 0 spiro atoms. The Morgan fingerprint density at radius 1 is 1.27 bits per heavy atom. The number of carbonyl (C=O) groups is 1. The average molecular weight is 415 g/mol. The summed E-state index contributed by atoms with van der Waals surface area (Å²) in [6, 6.07) is 5.70. The molecule has 0 radical (unpaired) electrons. The molecule has 2 heterocycles. The molecule has 2 aromatic rings. The Labute approximate surface area is 177 Å². The highest BCUT2D eigenvalue weighted by molar-refractivity contribution is 5.95. The monoisotopic (exact) mass is 414 g/mol. The number of nitrogens with one attached hydrogen (secondary N) is 2. The van der Waals surface area contributed by atoms with E-state index in [1.165, 1.54) is 19.2 Å². The number of halogens is 1. The van der Waals surface area contributed by atoms with E-state index in [2.05, 4.69) is 20.6 Å². The number of benzene rings is 1. The van der Waals surface area contributed by atoms with Crippen LogP contribution in [0.3, 0.4) is 0 Å². The summed E-state index contributed by atoms with van der Waals surface area (Å²) in [5.74, 6) is -0.335. The number of aromatic nitrogens is 2. The van der Waals surface area contributed by atoms with Crippen LogP contribution in [0.25, 0.3) is 11.1 Å². The van der Waals surface area contributed by atoms with Crippen LogP contribution in [-0.4, -0.2) is 41.2 Å². The third-order valence-electron chi connectivity index (χ3n) is 5.43. The number of amides is 1. The first-order valence-corrected chi connectivity index (χ1v) is 10.6. The summed E-state index contributed by atoms with van der Waals surface area (Å²) < 4.78 is 20.3. The van der Waals surface area contributed by atoms with Gasteiger partial charge in [0.1, 0.15) is 18.7 Å². The van der Waals surface area contributed by atoms with E-state index in [1.54, 1.807) is 19.9 Å². The van der Waals surface area contributed by atoms with Crippen molar-refractivity contribution in [2.24, 2.45) is 5.92 Å². The highest BCUT2D eigenvalue weighted by Crippen LogP contribution is 2.36. The van der Waals surface area contributed by atoms with E-state index in [0.29, 0.717) is 24.1 Å². The molecule has 1 aromatic heterocycles. The Morgan fingerprint density at radius 3 is 2.63 bits per heavy atom. The fourth-order valence-corrected chi connectivity index (χ4v) is 3.68. The number of rotatable bonds is 7. The molecule has 1 amide bonds. The number of nitrogens with zero attached hydrogens (tertiary/aromatic N) is 2. The van der Waals surface area contributed by atoms with Gasteiger partial charge in [0.15, 0.2) is 6.17 Å². The molecule has 162 valence electrons. The van der Waals surface area contributed by atoms with Crippen molar-refractivity contribution in [2.75, 3.05) is 18.5 Å². The van der Waals surface area contributed by atoms with Gasteiger partial charge in [0.05, 0.1) is 0 Å². The molecule has 1 aliphatic heterocycles. The Bertz CT molecular complexity index is 861. The number of carbonyl (C=O) groups excluding carboxylic acids is 1. The normalized spacial score (nSPS) is 17.6. The minimum atomic E-state index is -1.56. The molecule has 0 bridgehead atoms. The summed E-state index contributed by atoms with van der Waals surface area (Å²) in [6.07, 6.45) is 3.45. The van der Waals surface area contributed by atoms with Crippen molar-refractivity contribution >= 4 is 11.6 Å². The van der Waals surface area contributed by atoms with Gasteiger partial charge in [-0.1, -0.05) is 20.3 Å². The van der Waals surface area contributed by atoms with Crippen LogP contribution in [0.4, 0.5) is 10.1 Å². The van der Waals surface area contributed by atoms with Crippen LogP contribution in [0.1, 0.15) is 44.5 Å². The number of anilines is 1. The van der Waals surface area contributed by atoms with E-state index < -0.39 is 12.1 Å². The Morgan fingerprint density at radius 2 is 2.00 bits per heavy atom. The number of hydrogen-bond donors (Lipinski definition) is 2. The van der Waals surface area contributed by atoms with Gasteiger partial charge in [-0.25, -0.2) is 14.4 Å². The molecule has 2 atom stereocenters. The van der Waals surface area contributed by atoms with Crippen molar-refractivity contribution in [3.05, 3.63) is 35.9 Å². The molecule has 0 saturated carbocycles. The summed E-state index contributed by atoms with van der Waals surface area (Å²) in [6.45, 7) is 8.76. The first-order chi connectivity index (χ1) is 14.4. The minimum Gasteiger partial charge on any atom is -0.491 e. The Kier molecular flexibility index (Phi) is 7.37. The van der Waals surface area contributed by atoms with Crippen molar-refractivity contribution in [3.63, 3.8) is 0 Å². The van der Waals surface area contributed by atoms with Gasteiger partial charge in [0, 0.05) is 34.2 Å². The SMILES string of the molecule is Cc1ncnc(C)c1-c1cc(NC(=O)[C@H](F)C(C)C)ccc1OC[C@H]1CCCCN1. The molecule has 0 aliphatic carbocycles. The van der Waals surface area contributed by atoms with Gasteiger partial charge >= 0.3 is 0 Å². The fourth-order valence-electron chi connectivity index (χ4n) is 3.68. The molecule has 0 unspecified atom stereocenters. The number of hydrogen-bond acceptors (Lipinski definition) is 5. The third kappa shape index (κ3) is 5.33. The van der Waals surface area contributed by atoms with Crippen molar-refractivity contribution < 1.29 is 13.9 Å². The fraction of sp³-hybridized carbons (Fsp3) is 0.522. The zero-order chi connectivity index (χ0) is 21.7. The highest BCUT2D eigenvalue weighted by Gasteiger charge is 2.22. The molecule has 6 nitrogen and oxygen atoms in total. The van der Waals surface area contributed by atoms with Crippen molar-refractivity contribution in [3.8, 4) is 16.9 Å². The lowest BCUT2D eigenvalue weighted by Gasteiger charge is -2.24. The van der Waals surface area contributed by atoms with Gasteiger partial charge < -0.3 is 15.4 Å². The van der Waals surface area contributed by atoms with Gasteiger partial charge in [0.25, 0.3) is 5.91 Å². The van der Waals surface area contributed by atoms with E-state index >= 15 is 0 Å². The molecule has 1 saturated heterocycles. The van der Waals surface area contributed by atoms with Crippen LogP contribution in [0.2, 0.25) is 0 Å². The largest absolute Gasteiger partial charge is 0.491 e. The maximum Gasteiger partial charge on any atom is 0.259 e. The maximum absolute atomic E-state index is 14.1.